The van der Waals surface area contributed by atoms with Crippen LogP contribution in [0, 0.1) is 0 Å². The van der Waals surface area contributed by atoms with Crippen LogP contribution in [0.2, 0.25) is 0 Å². The second-order valence-corrected chi connectivity index (χ2v) is 5.92. The van der Waals surface area contributed by atoms with Gasteiger partial charge in [-0.3, -0.25) is 0 Å². The summed E-state index contributed by atoms with van der Waals surface area (Å²) in [7, 11) is 0. The topological polar surface area (TPSA) is 43.8 Å². The molecule has 0 saturated carbocycles. The number of rotatable bonds is 3. The summed E-state index contributed by atoms with van der Waals surface area (Å²) in [6, 6.07) is 9.17. The second kappa shape index (κ2) is 5.41. The maximum Gasteiger partial charge on any atom is 0.0956 e. The molecule has 0 amide bonds. The number of benzene rings is 1. The molecule has 3 rings (SSSR count). The van der Waals surface area contributed by atoms with Gasteiger partial charge >= 0.3 is 0 Å². The van der Waals surface area contributed by atoms with Crippen molar-refractivity contribution in [3.05, 3.63) is 41.9 Å². The van der Waals surface area contributed by atoms with Gasteiger partial charge in [-0.05, 0) is 30.7 Å². The van der Waals surface area contributed by atoms with Crippen molar-refractivity contribution in [3.8, 4) is 11.3 Å². The average molecular weight is 269 g/mol. The summed E-state index contributed by atoms with van der Waals surface area (Å²) in [5.74, 6) is 0.623. The van der Waals surface area contributed by atoms with Gasteiger partial charge in [0.2, 0.25) is 0 Å². The van der Waals surface area contributed by atoms with Crippen LogP contribution in [0.4, 0.5) is 0 Å². The highest BCUT2D eigenvalue weighted by atomic mass is 15.1. The maximum atomic E-state index is 6.02. The summed E-state index contributed by atoms with van der Waals surface area (Å²) in [4.78, 5) is 4.60. The zero-order valence-electron chi connectivity index (χ0n) is 12.3. The number of imidazole rings is 1. The van der Waals surface area contributed by atoms with Gasteiger partial charge in [0, 0.05) is 23.8 Å². The van der Waals surface area contributed by atoms with Crippen LogP contribution >= 0.6 is 0 Å². The minimum Gasteiger partial charge on any atom is -0.332 e. The third-order valence-corrected chi connectivity index (χ3v) is 4.49. The molecule has 106 valence electrons. The molecule has 3 heteroatoms. The Bertz CT molecular complexity index is 583. The number of nitrogens with zero attached hydrogens (tertiary/aromatic N) is 2. The molecule has 20 heavy (non-hydrogen) atoms. The maximum absolute atomic E-state index is 6.02. The van der Waals surface area contributed by atoms with Gasteiger partial charge in [-0.1, -0.05) is 38.1 Å². The molecule has 1 aliphatic rings. The van der Waals surface area contributed by atoms with Crippen LogP contribution < -0.4 is 5.73 Å². The highest BCUT2D eigenvalue weighted by molar-refractivity contribution is 5.62. The van der Waals surface area contributed by atoms with Crippen LogP contribution in [-0.2, 0) is 13.0 Å². The third kappa shape index (κ3) is 2.38. The van der Waals surface area contributed by atoms with Gasteiger partial charge in [-0.25, -0.2) is 4.98 Å². The van der Waals surface area contributed by atoms with Crippen LogP contribution in [0.15, 0.2) is 30.6 Å². The highest BCUT2D eigenvalue weighted by Gasteiger charge is 2.20. The summed E-state index contributed by atoms with van der Waals surface area (Å²) >= 11 is 0. The zero-order valence-corrected chi connectivity index (χ0v) is 12.3. The van der Waals surface area contributed by atoms with E-state index in [0.29, 0.717) is 5.92 Å². The lowest BCUT2D eigenvalue weighted by molar-refractivity contribution is 0.461. The van der Waals surface area contributed by atoms with Crippen LogP contribution in [0.5, 0.6) is 0 Å². The number of hydrogen-bond donors (Lipinski definition) is 1. The first-order valence-electron chi connectivity index (χ1n) is 7.59. The van der Waals surface area contributed by atoms with E-state index >= 15 is 0 Å². The van der Waals surface area contributed by atoms with Gasteiger partial charge in [0.1, 0.15) is 0 Å². The number of fused-ring (bicyclic) bond motifs is 1. The lowest BCUT2D eigenvalue weighted by Gasteiger charge is -2.21. The van der Waals surface area contributed by atoms with Crippen molar-refractivity contribution in [1.29, 1.82) is 0 Å². The molecule has 0 aliphatic carbocycles. The van der Waals surface area contributed by atoms with Crippen molar-refractivity contribution in [1.82, 2.24) is 9.55 Å². The Morgan fingerprint density at radius 1 is 1.35 bits per heavy atom. The van der Waals surface area contributed by atoms with Crippen molar-refractivity contribution in [2.24, 2.45) is 5.73 Å². The van der Waals surface area contributed by atoms with E-state index in [1.54, 1.807) is 0 Å². The Kier molecular flexibility index (Phi) is 3.62. The van der Waals surface area contributed by atoms with Gasteiger partial charge < -0.3 is 10.3 Å². The molecule has 0 bridgehead atoms. The van der Waals surface area contributed by atoms with E-state index in [9.17, 15) is 0 Å². The molecule has 1 aromatic carbocycles. The van der Waals surface area contributed by atoms with E-state index < -0.39 is 0 Å². The molecule has 1 aliphatic heterocycles. The third-order valence-electron chi connectivity index (χ3n) is 4.49. The normalized spacial score (nSPS) is 19.6. The van der Waals surface area contributed by atoms with Gasteiger partial charge in [0.15, 0.2) is 0 Å². The Labute approximate surface area is 120 Å². The molecule has 0 spiro atoms. The first kappa shape index (κ1) is 13.4. The predicted molar refractivity (Wildman–Crippen MR) is 82.7 cm³/mol. The van der Waals surface area contributed by atoms with Gasteiger partial charge in [0.25, 0.3) is 0 Å². The van der Waals surface area contributed by atoms with E-state index in [0.717, 1.165) is 25.1 Å². The Hall–Kier alpha value is -1.61. The van der Waals surface area contributed by atoms with E-state index in [1.165, 1.54) is 23.2 Å². The number of hydrogen-bond acceptors (Lipinski definition) is 2. The van der Waals surface area contributed by atoms with Crippen molar-refractivity contribution in [2.45, 2.75) is 51.6 Å². The lowest BCUT2D eigenvalue weighted by atomic mass is 9.96. The quantitative estimate of drug-likeness (QED) is 0.928. The van der Waals surface area contributed by atoms with Crippen LogP contribution in [0.1, 0.15) is 43.9 Å². The molecule has 0 saturated heterocycles. The summed E-state index contributed by atoms with van der Waals surface area (Å²) < 4.78 is 2.21. The number of nitrogens with two attached hydrogens (primary N) is 1. The Morgan fingerprint density at radius 2 is 2.10 bits per heavy atom. The van der Waals surface area contributed by atoms with Crippen molar-refractivity contribution >= 4 is 0 Å². The Morgan fingerprint density at radius 3 is 2.80 bits per heavy atom. The molecule has 2 atom stereocenters. The first-order chi connectivity index (χ1) is 9.69. The van der Waals surface area contributed by atoms with Crippen LogP contribution in [-0.4, -0.2) is 15.6 Å². The fraction of sp³-hybridized carbons (Fsp3) is 0.471. The standard InChI is InChI=1S/C17H23N3/c1-3-12(2)13-4-6-14(7-5-13)17-16-9-8-15(18)10-20(16)11-19-17/h4-7,11-12,15H,3,8-10,18H2,1-2H3. The smallest absolute Gasteiger partial charge is 0.0956 e. The minimum absolute atomic E-state index is 0.275. The first-order valence-corrected chi connectivity index (χ1v) is 7.59. The molecule has 2 heterocycles. The van der Waals surface area contributed by atoms with Gasteiger partial charge in [-0.2, -0.15) is 0 Å². The summed E-state index contributed by atoms with van der Waals surface area (Å²) in [6.07, 6.45) is 5.20. The zero-order chi connectivity index (χ0) is 14.1. The Balaban J connectivity index is 1.90. The van der Waals surface area contributed by atoms with Crippen LogP contribution in [0.3, 0.4) is 0 Å². The molecule has 0 fully saturated rings. The molecule has 1 aromatic heterocycles. The fourth-order valence-corrected chi connectivity index (χ4v) is 2.94. The van der Waals surface area contributed by atoms with Gasteiger partial charge in [0.05, 0.1) is 12.0 Å². The second-order valence-electron chi connectivity index (χ2n) is 5.92. The lowest BCUT2D eigenvalue weighted by Crippen LogP contribution is -2.31. The molecule has 2 aromatic rings. The van der Waals surface area contributed by atoms with Crippen molar-refractivity contribution in [2.75, 3.05) is 0 Å². The highest BCUT2D eigenvalue weighted by Crippen LogP contribution is 2.28. The molecule has 2 unspecified atom stereocenters. The molecule has 0 radical (unpaired) electrons. The summed E-state index contributed by atoms with van der Waals surface area (Å²) in [5, 5.41) is 0. The summed E-state index contributed by atoms with van der Waals surface area (Å²) in [6.45, 7) is 5.40. The fourth-order valence-electron chi connectivity index (χ4n) is 2.94. The number of aromatic nitrogens is 2. The van der Waals surface area contributed by atoms with E-state index in [-0.39, 0.29) is 6.04 Å². The molecule has 2 N–H and O–H groups in total. The summed E-state index contributed by atoms with van der Waals surface area (Å²) in [5.41, 5.74) is 11.1. The monoisotopic (exact) mass is 269 g/mol. The van der Waals surface area contributed by atoms with Crippen LogP contribution in [0.25, 0.3) is 11.3 Å². The largest absolute Gasteiger partial charge is 0.332 e. The van der Waals surface area contributed by atoms with E-state index in [4.69, 9.17) is 5.73 Å². The van der Waals surface area contributed by atoms with Gasteiger partial charge in [-0.15, -0.1) is 0 Å². The molecular formula is C17H23N3. The molecule has 3 nitrogen and oxygen atoms in total. The van der Waals surface area contributed by atoms with Crippen molar-refractivity contribution in [3.63, 3.8) is 0 Å². The van der Waals surface area contributed by atoms with E-state index in [2.05, 4.69) is 47.7 Å². The average Bonchev–Trinajstić information content (AvgIpc) is 2.89. The van der Waals surface area contributed by atoms with E-state index in [1.807, 2.05) is 6.33 Å². The SMILES string of the molecule is CCC(C)c1ccc(-c2ncn3c2CCC(N)C3)cc1. The van der Waals surface area contributed by atoms with Crippen molar-refractivity contribution < 1.29 is 0 Å². The predicted octanol–water partition coefficient (Wildman–Crippen LogP) is 3.34. The molecular weight excluding hydrogens is 246 g/mol. The minimum atomic E-state index is 0.275.